The first kappa shape index (κ1) is 25.5. The van der Waals surface area contributed by atoms with Gasteiger partial charge in [-0.2, -0.15) is 0 Å². The van der Waals surface area contributed by atoms with Crippen molar-refractivity contribution < 1.29 is 28.2 Å². The van der Waals surface area contributed by atoms with Crippen molar-refractivity contribution >= 4 is 28.8 Å². The summed E-state index contributed by atoms with van der Waals surface area (Å²) in [4.78, 5) is 25.9. The Labute approximate surface area is 226 Å². The second-order valence-corrected chi connectivity index (χ2v) is 8.65. The van der Waals surface area contributed by atoms with Gasteiger partial charge in [-0.1, -0.05) is 48.5 Å². The molecule has 0 fully saturated rings. The van der Waals surface area contributed by atoms with Gasteiger partial charge in [0.1, 0.15) is 34.2 Å². The van der Waals surface area contributed by atoms with Crippen LogP contribution in [0, 0.1) is 0 Å². The molecule has 6 heteroatoms. The van der Waals surface area contributed by atoms with Crippen LogP contribution in [0.1, 0.15) is 33.2 Å². The summed E-state index contributed by atoms with van der Waals surface area (Å²) in [6.45, 7) is 2.40. The lowest BCUT2D eigenvalue weighted by Gasteiger charge is -2.07. The SMILES string of the molecule is CCOc1ccc2oc(-c3ccccc3)c(C(=O)Oc3ccc(/C=C/C(=O)c4ccc(OC)cc4)cc3)c2c1. The largest absolute Gasteiger partial charge is 0.497 e. The van der Waals surface area contributed by atoms with Crippen molar-refractivity contribution in [3.8, 4) is 28.6 Å². The number of carbonyl (C=O) groups excluding carboxylic acids is 2. The molecule has 0 spiro atoms. The molecule has 0 unspecified atom stereocenters. The topological polar surface area (TPSA) is 75.0 Å². The number of hydrogen-bond donors (Lipinski definition) is 0. The zero-order chi connectivity index (χ0) is 27.2. The van der Waals surface area contributed by atoms with Crippen molar-refractivity contribution in [3.63, 3.8) is 0 Å². The predicted octanol–water partition coefficient (Wildman–Crippen LogP) is 7.62. The fraction of sp³-hybridized carbons (Fsp3) is 0.0909. The summed E-state index contributed by atoms with van der Waals surface area (Å²) in [6, 6.07) is 28.7. The van der Waals surface area contributed by atoms with Crippen LogP contribution in [0.5, 0.6) is 17.2 Å². The van der Waals surface area contributed by atoms with Gasteiger partial charge in [-0.25, -0.2) is 4.79 Å². The Morgan fingerprint density at radius 2 is 1.51 bits per heavy atom. The molecule has 5 rings (SSSR count). The number of furan rings is 1. The molecule has 0 bridgehead atoms. The second kappa shape index (κ2) is 11.5. The molecule has 0 aliphatic heterocycles. The number of methoxy groups -OCH3 is 1. The van der Waals surface area contributed by atoms with Crippen LogP contribution in [0.4, 0.5) is 0 Å². The van der Waals surface area contributed by atoms with Crippen LogP contribution in [0.2, 0.25) is 0 Å². The van der Waals surface area contributed by atoms with Gasteiger partial charge in [0.05, 0.1) is 13.7 Å². The Bertz CT molecular complexity index is 1630. The van der Waals surface area contributed by atoms with E-state index in [9.17, 15) is 9.59 Å². The van der Waals surface area contributed by atoms with E-state index in [0.29, 0.717) is 51.7 Å². The van der Waals surface area contributed by atoms with Crippen LogP contribution in [0.15, 0.2) is 108 Å². The molecular weight excluding hydrogens is 492 g/mol. The van der Waals surface area contributed by atoms with Gasteiger partial charge in [0.25, 0.3) is 0 Å². The van der Waals surface area contributed by atoms with E-state index in [1.54, 1.807) is 73.8 Å². The van der Waals surface area contributed by atoms with E-state index in [1.165, 1.54) is 6.08 Å². The summed E-state index contributed by atoms with van der Waals surface area (Å²) in [6.07, 6.45) is 3.22. The predicted molar refractivity (Wildman–Crippen MR) is 151 cm³/mol. The Morgan fingerprint density at radius 1 is 0.821 bits per heavy atom. The Kier molecular flexibility index (Phi) is 7.55. The molecule has 1 aromatic heterocycles. The third kappa shape index (κ3) is 5.75. The molecule has 0 aliphatic rings. The lowest BCUT2D eigenvalue weighted by molar-refractivity contribution is 0.0736. The number of carbonyl (C=O) groups is 2. The number of rotatable bonds is 9. The Balaban J connectivity index is 1.37. The number of hydrogen-bond acceptors (Lipinski definition) is 6. The summed E-state index contributed by atoms with van der Waals surface area (Å²) in [5, 5.41) is 0.612. The van der Waals surface area contributed by atoms with Crippen LogP contribution < -0.4 is 14.2 Å². The second-order valence-electron chi connectivity index (χ2n) is 8.65. The maximum absolute atomic E-state index is 13.5. The first-order valence-corrected chi connectivity index (χ1v) is 12.5. The van der Waals surface area contributed by atoms with Crippen molar-refractivity contribution in [1.29, 1.82) is 0 Å². The number of ether oxygens (including phenoxy) is 3. The number of ketones is 1. The van der Waals surface area contributed by atoms with E-state index in [-0.39, 0.29) is 5.78 Å². The minimum atomic E-state index is -0.542. The first-order chi connectivity index (χ1) is 19.1. The van der Waals surface area contributed by atoms with E-state index >= 15 is 0 Å². The fourth-order valence-electron chi connectivity index (χ4n) is 4.16. The van der Waals surface area contributed by atoms with Gasteiger partial charge in [0.15, 0.2) is 5.78 Å². The van der Waals surface area contributed by atoms with Crippen LogP contribution in [0.25, 0.3) is 28.4 Å². The zero-order valence-corrected chi connectivity index (χ0v) is 21.5. The molecule has 5 aromatic rings. The van der Waals surface area contributed by atoms with Gasteiger partial charge >= 0.3 is 5.97 Å². The van der Waals surface area contributed by atoms with Gasteiger partial charge < -0.3 is 18.6 Å². The maximum Gasteiger partial charge on any atom is 0.348 e. The lowest BCUT2D eigenvalue weighted by Crippen LogP contribution is -2.09. The Morgan fingerprint density at radius 3 is 2.21 bits per heavy atom. The summed E-state index contributed by atoms with van der Waals surface area (Å²) >= 11 is 0. The normalized spacial score (nSPS) is 11.0. The van der Waals surface area contributed by atoms with Gasteiger partial charge in [-0.15, -0.1) is 0 Å². The summed E-state index contributed by atoms with van der Waals surface area (Å²) in [5.41, 5.74) is 3.00. The van der Waals surface area contributed by atoms with Crippen molar-refractivity contribution in [2.75, 3.05) is 13.7 Å². The van der Waals surface area contributed by atoms with E-state index in [4.69, 9.17) is 18.6 Å². The van der Waals surface area contributed by atoms with E-state index in [1.807, 2.05) is 43.3 Å². The lowest BCUT2D eigenvalue weighted by atomic mass is 10.1. The van der Waals surface area contributed by atoms with E-state index < -0.39 is 5.97 Å². The molecule has 0 atom stereocenters. The summed E-state index contributed by atoms with van der Waals surface area (Å²) < 4.78 is 22.6. The van der Waals surface area contributed by atoms with Crippen molar-refractivity contribution in [3.05, 3.63) is 120 Å². The van der Waals surface area contributed by atoms with Crippen LogP contribution in [0.3, 0.4) is 0 Å². The van der Waals surface area contributed by atoms with E-state index in [0.717, 1.165) is 11.1 Å². The molecule has 4 aromatic carbocycles. The van der Waals surface area contributed by atoms with Crippen molar-refractivity contribution in [1.82, 2.24) is 0 Å². The molecule has 0 N–H and O–H groups in total. The van der Waals surface area contributed by atoms with Gasteiger partial charge in [-0.05, 0) is 73.2 Å². The van der Waals surface area contributed by atoms with E-state index in [2.05, 4.69) is 0 Å². The van der Waals surface area contributed by atoms with Crippen LogP contribution in [-0.4, -0.2) is 25.5 Å². The van der Waals surface area contributed by atoms with Crippen LogP contribution >= 0.6 is 0 Å². The maximum atomic E-state index is 13.5. The highest BCUT2D eigenvalue weighted by molar-refractivity contribution is 6.10. The van der Waals surface area contributed by atoms with Crippen molar-refractivity contribution in [2.45, 2.75) is 6.92 Å². The fourth-order valence-corrected chi connectivity index (χ4v) is 4.16. The summed E-state index contributed by atoms with van der Waals surface area (Å²) in [7, 11) is 1.58. The number of fused-ring (bicyclic) bond motifs is 1. The molecule has 0 radical (unpaired) electrons. The molecule has 1 heterocycles. The minimum absolute atomic E-state index is 0.125. The molecule has 6 nitrogen and oxygen atoms in total. The third-order valence-corrected chi connectivity index (χ3v) is 6.10. The standard InChI is InChI=1S/C33H26O6/c1-3-37-27-18-20-30-28(21-27)31(32(39-30)24-7-5-4-6-8-24)33(35)38-26-14-9-22(10-15-26)11-19-29(34)23-12-16-25(36-2)17-13-23/h4-21H,3H2,1-2H3/b19-11+. The molecule has 0 aliphatic carbocycles. The highest BCUT2D eigenvalue weighted by Gasteiger charge is 2.24. The molecule has 0 saturated carbocycles. The number of esters is 1. The molecule has 39 heavy (non-hydrogen) atoms. The van der Waals surface area contributed by atoms with Gasteiger partial charge in [0, 0.05) is 16.5 Å². The Hall–Kier alpha value is -5.10. The molecule has 194 valence electrons. The average molecular weight is 519 g/mol. The highest BCUT2D eigenvalue weighted by atomic mass is 16.5. The van der Waals surface area contributed by atoms with Gasteiger partial charge in [0.2, 0.25) is 0 Å². The summed E-state index contributed by atoms with van der Waals surface area (Å²) in [5.74, 6) is 1.46. The molecular formula is C33H26O6. The van der Waals surface area contributed by atoms with Crippen molar-refractivity contribution in [2.24, 2.45) is 0 Å². The first-order valence-electron chi connectivity index (χ1n) is 12.5. The third-order valence-electron chi connectivity index (χ3n) is 6.10. The molecule has 0 saturated heterocycles. The average Bonchev–Trinajstić information content (AvgIpc) is 3.36. The zero-order valence-electron chi connectivity index (χ0n) is 21.5. The number of benzene rings is 4. The minimum Gasteiger partial charge on any atom is -0.497 e. The van der Waals surface area contributed by atoms with Gasteiger partial charge in [-0.3, -0.25) is 4.79 Å². The molecule has 0 amide bonds. The van der Waals surface area contributed by atoms with Crippen LogP contribution in [-0.2, 0) is 0 Å². The smallest absolute Gasteiger partial charge is 0.348 e. The number of allylic oxidation sites excluding steroid dienone is 1. The monoisotopic (exact) mass is 518 g/mol. The highest BCUT2D eigenvalue weighted by Crippen LogP contribution is 2.36. The quantitative estimate of drug-likeness (QED) is 0.0865.